The van der Waals surface area contributed by atoms with E-state index in [1.54, 1.807) is 6.08 Å². The van der Waals surface area contributed by atoms with E-state index < -0.39 is 5.91 Å². The number of hydrogen-bond acceptors (Lipinski definition) is 3. The van der Waals surface area contributed by atoms with Crippen LogP contribution in [-0.2, 0) is 16.1 Å². The Morgan fingerprint density at radius 3 is 2.17 bits per heavy atom. The van der Waals surface area contributed by atoms with Gasteiger partial charge < -0.3 is 4.74 Å². The SMILES string of the molecule is C=C/C(=C\C=C(/C)CC)OCc1ccccc1.CC.CC(=O)NO. The van der Waals surface area contributed by atoms with Crippen LogP contribution in [0.2, 0.25) is 0 Å². The van der Waals surface area contributed by atoms with Gasteiger partial charge in [0, 0.05) is 6.92 Å². The van der Waals surface area contributed by atoms with Gasteiger partial charge in [-0.1, -0.05) is 69.3 Å². The quantitative estimate of drug-likeness (QED) is 0.327. The Morgan fingerprint density at radius 1 is 1.21 bits per heavy atom. The molecular formula is C20H31NO3. The van der Waals surface area contributed by atoms with Crippen LogP contribution < -0.4 is 5.48 Å². The van der Waals surface area contributed by atoms with Gasteiger partial charge in [-0.2, -0.15) is 0 Å². The smallest absolute Gasteiger partial charge is 0.240 e. The van der Waals surface area contributed by atoms with Gasteiger partial charge in [0.15, 0.2) is 0 Å². The molecule has 134 valence electrons. The van der Waals surface area contributed by atoms with Crippen molar-refractivity contribution in [3.05, 3.63) is 72.0 Å². The fourth-order valence-corrected chi connectivity index (χ4v) is 1.26. The van der Waals surface area contributed by atoms with Crippen molar-refractivity contribution in [1.82, 2.24) is 5.48 Å². The molecule has 0 unspecified atom stereocenters. The summed E-state index contributed by atoms with van der Waals surface area (Å²) in [5.41, 5.74) is 3.88. The predicted molar refractivity (Wildman–Crippen MR) is 101 cm³/mol. The molecule has 0 saturated heterocycles. The maximum Gasteiger partial charge on any atom is 0.240 e. The Labute approximate surface area is 146 Å². The minimum Gasteiger partial charge on any atom is -0.489 e. The normalized spacial score (nSPS) is 10.4. The second-order valence-corrected chi connectivity index (χ2v) is 4.58. The lowest BCUT2D eigenvalue weighted by Crippen LogP contribution is -2.12. The summed E-state index contributed by atoms with van der Waals surface area (Å²) in [6.07, 6.45) is 6.83. The number of carbonyl (C=O) groups excluding carboxylic acids is 1. The molecule has 0 fully saturated rings. The molecule has 4 heteroatoms. The Bertz CT molecular complexity index is 505. The fourth-order valence-electron chi connectivity index (χ4n) is 1.26. The maximum absolute atomic E-state index is 9.45. The minimum absolute atomic E-state index is 0.440. The average molecular weight is 333 g/mol. The van der Waals surface area contributed by atoms with E-state index in [9.17, 15) is 4.79 Å². The summed E-state index contributed by atoms with van der Waals surface area (Å²) in [6.45, 7) is 13.8. The van der Waals surface area contributed by atoms with Gasteiger partial charge in [-0.15, -0.1) is 0 Å². The van der Waals surface area contributed by atoms with Crippen molar-refractivity contribution in [3.63, 3.8) is 0 Å². The molecule has 0 radical (unpaired) electrons. The molecule has 1 rings (SSSR count). The zero-order chi connectivity index (χ0) is 18.8. The molecule has 1 aromatic rings. The van der Waals surface area contributed by atoms with Crippen LogP contribution >= 0.6 is 0 Å². The Kier molecular flexibility index (Phi) is 17.0. The van der Waals surface area contributed by atoms with Crippen LogP contribution in [0.5, 0.6) is 0 Å². The first-order chi connectivity index (χ1) is 11.5. The third-order valence-electron chi connectivity index (χ3n) is 2.70. The summed E-state index contributed by atoms with van der Waals surface area (Å²) in [4.78, 5) is 9.45. The van der Waals surface area contributed by atoms with Gasteiger partial charge in [-0.05, 0) is 31.1 Å². The molecule has 1 aromatic carbocycles. The first-order valence-electron chi connectivity index (χ1n) is 8.10. The summed E-state index contributed by atoms with van der Waals surface area (Å²) in [5, 5.41) is 7.54. The number of nitrogens with one attached hydrogen (secondary N) is 1. The Balaban J connectivity index is 0. The highest BCUT2D eigenvalue weighted by molar-refractivity contribution is 5.71. The van der Waals surface area contributed by atoms with E-state index in [1.165, 1.54) is 18.0 Å². The highest BCUT2D eigenvalue weighted by atomic mass is 16.5. The molecule has 0 aliphatic heterocycles. The van der Waals surface area contributed by atoms with Crippen molar-refractivity contribution < 1.29 is 14.7 Å². The van der Waals surface area contributed by atoms with Gasteiger partial charge >= 0.3 is 0 Å². The van der Waals surface area contributed by atoms with E-state index in [-0.39, 0.29) is 0 Å². The lowest BCUT2D eigenvalue weighted by Gasteiger charge is -2.06. The number of allylic oxidation sites excluding steroid dienone is 4. The van der Waals surface area contributed by atoms with Crippen LogP contribution in [0.15, 0.2) is 66.5 Å². The van der Waals surface area contributed by atoms with Crippen molar-refractivity contribution >= 4 is 5.91 Å². The summed E-state index contributed by atoms with van der Waals surface area (Å²) in [5.74, 6) is 0.367. The van der Waals surface area contributed by atoms with E-state index in [4.69, 9.17) is 9.94 Å². The van der Waals surface area contributed by atoms with Gasteiger partial charge in [0.1, 0.15) is 12.4 Å². The van der Waals surface area contributed by atoms with Crippen molar-refractivity contribution in [1.29, 1.82) is 0 Å². The van der Waals surface area contributed by atoms with Crippen LogP contribution in [-0.4, -0.2) is 11.1 Å². The molecule has 0 aliphatic rings. The molecule has 4 nitrogen and oxygen atoms in total. The summed E-state index contributed by atoms with van der Waals surface area (Å²) in [6, 6.07) is 10.1. The van der Waals surface area contributed by atoms with Crippen molar-refractivity contribution in [3.8, 4) is 0 Å². The van der Waals surface area contributed by atoms with Crippen molar-refractivity contribution in [2.75, 3.05) is 0 Å². The molecule has 0 aliphatic carbocycles. The Hall–Kier alpha value is -2.33. The standard InChI is InChI=1S/C16H20O.C2H5NO2.C2H6/c1-4-14(3)11-12-16(5-2)17-13-15-9-7-6-8-10-15;1-2(4)3-5;1-2/h5-12H,2,4,13H2,1,3H3;5H,1H3,(H,3,4);1-2H3/b14-11+,16-12+;;. The molecule has 0 heterocycles. The van der Waals surface area contributed by atoms with Crippen molar-refractivity contribution in [2.45, 2.75) is 47.6 Å². The molecule has 0 atom stereocenters. The number of ether oxygens (including phenoxy) is 1. The van der Waals surface area contributed by atoms with E-state index in [2.05, 4.69) is 26.5 Å². The average Bonchev–Trinajstić information content (AvgIpc) is 2.64. The van der Waals surface area contributed by atoms with E-state index in [0.717, 1.165) is 17.7 Å². The lowest BCUT2D eigenvalue weighted by atomic mass is 10.2. The first kappa shape index (κ1) is 23.9. The molecule has 24 heavy (non-hydrogen) atoms. The predicted octanol–water partition coefficient (Wildman–Crippen LogP) is 5.17. The number of carbonyl (C=O) groups is 1. The molecular weight excluding hydrogens is 302 g/mol. The highest BCUT2D eigenvalue weighted by Gasteiger charge is 1.94. The van der Waals surface area contributed by atoms with Crippen LogP contribution in [0.4, 0.5) is 0 Å². The molecule has 0 aromatic heterocycles. The largest absolute Gasteiger partial charge is 0.489 e. The molecule has 1 amide bonds. The topological polar surface area (TPSA) is 58.6 Å². The monoisotopic (exact) mass is 333 g/mol. The zero-order valence-corrected chi connectivity index (χ0v) is 15.5. The second-order valence-electron chi connectivity index (χ2n) is 4.58. The van der Waals surface area contributed by atoms with Gasteiger partial charge in [0.05, 0.1) is 0 Å². The van der Waals surface area contributed by atoms with Crippen LogP contribution in [0.1, 0.15) is 46.6 Å². The molecule has 0 spiro atoms. The molecule has 2 N–H and O–H groups in total. The second kappa shape index (κ2) is 17.0. The van der Waals surface area contributed by atoms with Gasteiger partial charge in [-0.3, -0.25) is 10.0 Å². The van der Waals surface area contributed by atoms with E-state index in [1.807, 2.05) is 50.3 Å². The number of amides is 1. The highest BCUT2D eigenvalue weighted by Crippen LogP contribution is 2.08. The summed E-state index contributed by atoms with van der Waals surface area (Å²) in [7, 11) is 0. The van der Waals surface area contributed by atoms with Crippen LogP contribution in [0, 0.1) is 0 Å². The zero-order valence-electron chi connectivity index (χ0n) is 15.5. The summed E-state index contributed by atoms with van der Waals surface area (Å²) < 4.78 is 5.67. The Morgan fingerprint density at radius 2 is 1.75 bits per heavy atom. The summed E-state index contributed by atoms with van der Waals surface area (Å²) >= 11 is 0. The van der Waals surface area contributed by atoms with E-state index in [0.29, 0.717) is 6.61 Å². The van der Waals surface area contributed by atoms with Crippen molar-refractivity contribution in [2.24, 2.45) is 0 Å². The number of benzene rings is 1. The number of hydrogen-bond donors (Lipinski definition) is 2. The lowest BCUT2D eigenvalue weighted by molar-refractivity contribution is -0.126. The maximum atomic E-state index is 9.45. The molecule has 0 bridgehead atoms. The van der Waals surface area contributed by atoms with Gasteiger partial charge in [0.2, 0.25) is 5.91 Å². The third kappa shape index (κ3) is 14.6. The third-order valence-corrected chi connectivity index (χ3v) is 2.70. The minimum atomic E-state index is -0.440. The fraction of sp³-hybridized carbons (Fsp3) is 0.350. The van der Waals surface area contributed by atoms with E-state index >= 15 is 0 Å². The first-order valence-corrected chi connectivity index (χ1v) is 8.10. The number of rotatable bonds is 6. The van der Waals surface area contributed by atoms with Crippen LogP contribution in [0.25, 0.3) is 0 Å². The van der Waals surface area contributed by atoms with Gasteiger partial charge in [0.25, 0.3) is 0 Å². The van der Waals surface area contributed by atoms with Crippen LogP contribution in [0.3, 0.4) is 0 Å². The molecule has 0 saturated carbocycles. The van der Waals surface area contributed by atoms with Gasteiger partial charge in [-0.25, -0.2) is 5.48 Å². The number of hydroxylamine groups is 1.